The molecule has 0 bridgehead atoms. The van der Waals surface area contributed by atoms with Crippen LogP contribution in [-0.4, -0.2) is 33.5 Å². The van der Waals surface area contributed by atoms with E-state index in [2.05, 4.69) is 5.32 Å². The summed E-state index contributed by atoms with van der Waals surface area (Å²) in [5.74, 6) is -2.41. The fourth-order valence-electron chi connectivity index (χ4n) is 1.08. The van der Waals surface area contributed by atoms with Crippen LogP contribution in [0.25, 0.3) is 0 Å². The molecule has 0 aliphatic rings. The second kappa shape index (κ2) is 8.50. The zero-order chi connectivity index (χ0) is 15.3. The number of hydrogen-bond acceptors (Lipinski definition) is 4. The van der Waals surface area contributed by atoms with Crippen molar-refractivity contribution in [2.75, 3.05) is 13.2 Å². The molecule has 19 heavy (non-hydrogen) atoms. The average Bonchev–Trinajstić information content (AvgIpc) is 2.24. The molecule has 0 aliphatic heterocycles. The maximum atomic E-state index is 12.5. The van der Waals surface area contributed by atoms with Crippen LogP contribution in [0, 0.1) is 0 Å². The lowest BCUT2D eigenvalue weighted by molar-refractivity contribution is -0.119. The molecule has 0 aromatic rings. The van der Waals surface area contributed by atoms with E-state index >= 15 is 0 Å². The Morgan fingerprint density at radius 2 is 1.63 bits per heavy atom. The molecule has 0 aliphatic carbocycles. The number of halogens is 5. The number of rotatable bonds is 7. The van der Waals surface area contributed by atoms with E-state index in [0.29, 0.717) is 0 Å². The third-order valence-corrected chi connectivity index (χ3v) is 5.61. The Balaban J connectivity index is 5.32. The summed E-state index contributed by atoms with van der Waals surface area (Å²) in [6.45, 7) is 3.23. The van der Waals surface area contributed by atoms with Crippen LogP contribution < -0.4 is 5.32 Å². The fourth-order valence-corrected chi connectivity index (χ4v) is 4.19. The lowest BCUT2D eigenvalue weighted by Crippen LogP contribution is -2.46. The van der Waals surface area contributed by atoms with E-state index < -0.39 is 27.9 Å². The third kappa shape index (κ3) is 6.58. The van der Waals surface area contributed by atoms with Crippen LogP contribution in [0.5, 0.6) is 0 Å². The molecule has 0 radical (unpaired) electrons. The molecule has 0 saturated heterocycles. The van der Waals surface area contributed by atoms with Crippen LogP contribution in [0.3, 0.4) is 0 Å². The van der Waals surface area contributed by atoms with Crippen molar-refractivity contribution in [3.8, 4) is 0 Å². The predicted molar refractivity (Wildman–Crippen MR) is 78.6 cm³/mol. The molecule has 114 valence electrons. The minimum atomic E-state index is -3.89. The van der Waals surface area contributed by atoms with E-state index in [4.69, 9.17) is 67.1 Å². The van der Waals surface area contributed by atoms with E-state index in [0.717, 1.165) is 0 Å². The lowest BCUT2D eigenvalue weighted by atomic mass is 10.6. The van der Waals surface area contributed by atoms with Gasteiger partial charge in [0.05, 0.1) is 13.2 Å². The van der Waals surface area contributed by atoms with Gasteiger partial charge in [-0.1, -0.05) is 58.0 Å². The summed E-state index contributed by atoms with van der Waals surface area (Å²) in [7, 11) is -3.89. The molecule has 1 amide bonds. The molecule has 0 heterocycles. The average molecular weight is 395 g/mol. The number of carbonyl (C=O) groups excluding carboxylic acids is 1. The van der Waals surface area contributed by atoms with E-state index in [-0.39, 0.29) is 13.2 Å². The zero-order valence-corrected chi connectivity index (χ0v) is 14.7. The lowest BCUT2D eigenvalue weighted by Gasteiger charge is -2.31. The molecule has 0 unspecified atom stereocenters. The third-order valence-electron chi connectivity index (χ3n) is 1.72. The topological polar surface area (TPSA) is 64.6 Å². The maximum absolute atomic E-state index is 12.5. The van der Waals surface area contributed by atoms with Gasteiger partial charge in [-0.05, 0) is 13.8 Å². The monoisotopic (exact) mass is 393 g/mol. The van der Waals surface area contributed by atoms with E-state index in [1.165, 1.54) is 0 Å². The Bertz CT molecular complexity index is 339. The van der Waals surface area contributed by atoms with Gasteiger partial charge in [-0.15, -0.1) is 0 Å². The quantitative estimate of drug-likeness (QED) is 0.525. The first-order chi connectivity index (χ1) is 8.58. The van der Waals surface area contributed by atoms with Crippen molar-refractivity contribution in [1.29, 1.82) is 0 Å². The van der Waals surface area contributed by atoms with Gasteiger partial charge in [0.2, 0.25) is 3.79 Å². The van der Waals surface area contributed by atoms with Crippen LogP contribution >= 0.6 is 65.6 Å². The summed E-state index contributed by atoms with van der Waals surface area (Å²) in [5, 5.41) is 2.15. The van der Waals surface area contributed by atoms with Gasteiger partial charge >= 0.3 is 7.60 Å². The summed E-state index contributed by atoms with van der Waals surface area (Å²) in [6.07, 6.45) is 0. The highest BCUT2D eigenvalue weighted by molar-refractivity contribution is 7.55. The Labute approximate surface area is 136 Å². The standard InChI is InChI=1S/C8H13Cl5NO4P/c1-3-17-19(16,18-4-2)7(8(11,12)13)14-6(15)5(9)10/h5,7H,3-4H2,1-2H3,(H,14,15)/t7-/m0/s1. The van der Waals surface area contributed by atoms with Gasteiger partial charge in [-0.3, -0.25) is 9.36 Å². The van der Waals surface area contributed by atoms with Gasteiger partial charge in [0.25, 0.3) is 5.91 Å². The minimum Gasteiger partial charge on any atom is -0.336 e. The van der Waals surface area contributed by atoms with Crippen LogP contribution in [0.1, 0.15) is 13.8 Å². The molecule has 5 nitrogen and oxygen atoms in total. The summed E-state index contributed by atoms with van der Waals surface area (Å²) in [4.78, 5) is 10.1. The number of hydrogen-bond donors (Lipinski definition) is 1. The second-order valence-electron chi connectivity index (χ2n) is 3.13. The van der Waals surface area contributed by atoms with Crippen LogP contribution in [-0.2, 0) is 18.4 Å². The molecular weight excluding hydrogens is 382 g/mol. The predicted octanol–water partition coefficient (Wildman–Crippen LogP) is 3.87. The maximum Gasteiger partial charge on any atom is 0.357 e. The molecule has 1 atom stereocenters. The molecule has 0 spiro atoms. The number of nitrogens with one attached hydrogen (secondary N) is 1. The van der Waals surface area contributed by atoms with Crippen LogP contribution in [0.4, 0.5) is 0 Å². The SMILES string of the molecule is CCOP(=O)(OCC)[C@H](NC(=O)C(Cl)Cl)C(Cl)(Cl)Cl. The highest BCUT2D eigenvalue weighted by Crippen LogP contribution is 2.58. The Hall–Kier alpha value is 1.07. The number of amides is 1. The summed E-state index contributed by atoms with van der Waals surface area (Å²) in [6, 6.07) is 0. The van der Waals surface area contributed by atoms with Crippen molar-refractivity contribution in [2.45, 2.75) is 28.3 Å². The zero-order valence-electron chi connectivity index (χ0n) is 10.0. The molecule has 0 aromatic heterocycles. The van der Waals surface area contributed by atoms with Crippen molar-refractivity contribution in [2.24, 2.45) is 0 Å². The van der Waals surface area contributed by atoms with Crippen molar-refractivity contribution < 1.29 is 18.4 Å². The first kappa shape index (κ1) is 20.1. The summed E-state index contributed by atoms with van der Waals surface area (Å²) in [5.41, 5.74) is 0. The van der Waals surface area contributed by atoms with Gasteiger partial charge in [0, 0.05) is 0 Å². The highest BCUT2D eigenvalue weighted by Gasteiger charge is 2.50. The minimum absolute atomic E-state index is 0.0373. The van der Waals surface area contributed by atoms with Crippen molar-refractivity contribution in [3.63, 3.8) is 0 Å². The molecule has 0 saturated carbocycles. The Morgan fingerprint density at radius 3 is 1.89 bits per heavy atom. The molecule has 0 rings (SSSR count). The van der Waals surface area contributed by atoms with E-state index in [1.807, 2.05) is 0 Å². The van der Waals surface area contributed by atoms with E-state index in [9.17, 15) is 9.36 Å². The Morgan fingerprint density at radius 1 is 1.21 bits per heavy atom. The van der Waals surface area contributed by atoms with Crippen molar-refractivity contribution in [1.82, 2.24) is 5.32 Å². The van der Waals surface area contributed by atoms with Gasteiger partial charge in [-0.2, -0.15) is 0 Å². The number of alkyl halides is 5. The normalized spacial score (nSPS) is 14.5. The highest BCUT2D eigenvalue weighted by atomic mass is 35.6. The van der Waals surface area contributed by atoms with Crippen molar-refractivity contribution >= 4 is 71.5 Å². The summed E-state index contributed by atoms with van der Waals surface area (Å²) < 4.78 is 20.4. The molecule has 0 aromatic carbocycles. The Kier molecular flexibility index (Phi) is 8.98. The van der Waals surface area contributed by atoms with Crippen LogP contribution in [0.2, 0.25) is 0 Å². The van der Waals surface area contributed by atoms with Gasteiger partial charge in [0.15, 0.2) is 10.6 Å². The second-order valence-corrected chi connectivity index (χ2v) is 8.71. The number of carbonyl (C=O) groups is 1. The molecular formula is C8H13Cl5NO4P. The molecule has 0 fully saturated rings. The van der Waals surface area contributed by atoms with Gasteiger partial charge < -0.3 is 14.4 Å². The van der Waals surface area contributed by atoms with Crippen molar-refractivity contribution in [3.05, 3.63) is 0 Å². The largest absolute Gasteiger partial charge is 0.357 e. The molecule has 1 N–H and O–H groups in total. The first-order valence-corrected chi connectivity index (χ1v) is 8.74. The van der Waals surface area contributed by atoms with Crippen LogP contribution in [0.15, 0.2) is 0 Å². The van der Waals surface area contributed by atoms with E-state index in [1.54, 1.807) is 13.8 Å². The van der Waals surface area contributed by atoms with Gasteiger partial charge in [0.1, 0.15) is 0 Å². The molecule has 11 heteroatoms. The van der Waals surface area contributed by atoms with Gasteiger partial charge in [-0.25, -0.2) is 0 Å². The summed E-state index contributed by atoms with van der Waals surface area (Å²) >= 11 is 27.9. The first-order valence-electron chi connectivity index (χ1n) is 5.12. The smallest absolute Gasteiger partial charge is 0.336 e. The fraction of sp³-hybridized carbons (Fsp3) is 0.875.